The summed E-state index contributed by atoms with van der Waals surface area (Å²) in [5, 5.41) is 10.4. The van der Waals surface area contributed by atoms with Gasteiger partial charge in [-0.3, -0.25) is 4.79 Å². The second-order valence-electron chi connectivity index (χ2n) is 2.39. The molecule has 0 fully saturated rings. The van der Waals surface area contributed by atoms with Crippen molar-refractivity contribution in [2.45, 2.75) is 6.92 Å². The van der Waals surface area contributed by atoms with Gasteiger partial charge in [0.1, 0.15) is 0 Å². The van der Waals surface area contributed by atoms with E-state index in [4.69, 9.17) is 5.11 Å². The maximum Gasteiger partial charge on any atom is 0.169 e. The van der Waals surface area contributed by atoms with Gasteiger partial charge in [-0.25, -0.2) is 0 Å². The summed E-state index contributed by atoms with van der Waals surface area (Å²) in [5.74, 6) is 0.0867. The van der Waals surface area contributed by atoms with Gasteiger partial charge in [-0.15, -0.1) is 11.3 Å². The number of carbonyl (C=O) groups excluding carboxylic acids is 1. The summed E-state index contributed by atoms with van der Waals surface area (Å²) in [7, 11) is 0. The van der Waals surface area contributed by atoms with Crippen molar-refractivity contribution < 1.29 is 9.90 Å². The van der Waals surface area contributed by atoms with Gasteiger partial charge in [-0.1, -0.05) is 12.2 Å². The third-order valence-electron chi connectivity index (χ3n) is 1.38. The van der Waals surface area contributed by atoms with Crippen molar-refractivity contribution in [3.8, 4) is 0 Å². The van der Waals surface area contributed by atoms with Crippen LogP contribution < -0.4 is 0 Å². The van der Waals surface area contributed by atoms with E-state index in [1.165, 1.54) is 11.3 Å². The van der Waals surface area contributed by atoms with Gasteiger partial charge in [-0.05, 0) is 23.9 Å². The van der Waals surface area contributed by atoms with Crippen molar-refractivity contribution in [3.05, 3.63) is 28.0 Å². The van der Waals surface area contributed by atoms with Crippen LogP contribution in [0.3, 0.4) is 0 Å². The minimum Gasteiger partial charge on any atom is -0.392 e. The molecule has 2 nitrogen and oxygen atoms in total. The molecule has 64 valence electrons. The van der Waals surface area contributed by atoms with Crippen molar-refractivity contribution >= 4 is 23.2 Å². The summed E-state index contributed by atoms with van der Waals surface area (Å²) < 4.78 is 0. The van der Waals surface area contributed by atoms with Gasteiger partial charge in [0, 0.05) is 0 Å². The molecular weight excluding hydrogens is 172 g/mol. The Hall–Kier alpha value is -0.930. The number of ketones is 1. The smallest absolute Gasteiger partial charge is 0.169 e. The van der Waals surface area contributed by atoms with Crippen molar-refractivity contribution in [1.29, 1.82) is 0 Å². The Morgan fingerprint density at radius 2 is 2.50 bits per heavy atom. The molecule has 1 heterocycles. The van der Waals surface area contributed by atoms with Gasteiger partial charge in [0.25, 0.3) is 0 Å². The number of aliphatic hydroxyl groups is 1. The van der Waals surface area contributed by atoms with Crippen LogP contribution >= 0.6 is 11.3 Å². The van der Waals surface area contributed by atoms with Gasteiger partial charge in [0.2, 0.25) is 0 Å². The number of carbonyl (C=O) groups is 1. The largest absolute Gasteiger partial charge is 0.392 e. The Labute approximate surface area is 75.2 Å². The second kappa shape index (κ2) is 4.18. The first kappa shape index (κ1) is 9.16. The van der Waals surface area contributed by atoms with E-state index in [1.54, 1.807) is 19.1 Å². The van der Waals surface area contributed by atoms with Crippen molar-refractivity contribution in [2.75, 3.05) is 6.61 Å². The zero-order valence-corrected chi connectivity index (χ0v) is 7.60. The predicted molar refractivity (Wildman–Crippen MR) is 50.4 cm³/mol. The van der Waals surface area contributed by atoms with Crippen LogP contribution in [-0.4, -0.2) is 17.5 Å². The molecule has 0 amide bonds. The first-order valence-corrected chi connectivity index (χ1v) is 4.49. The van der Waals surface area contributed by atoms with Crippen molar-refractivity contribution in [2.24, 2.45) is 0 Å². The molecule has 0 unspecified atom stereocenters. The molecule has 1 aromatic rings. The van der Waals surface area contributed by atoms with E-state index in [0.29, 0.717) is 0 Å². The average molecular weight is 182 g/mol. The number of Topliss-reactive ketones (excluding diaryl/α,β-unsaturated/α-hetero) is 1. The van der Waals surface area contributed by atoms with Crippen molar-refractivity contribution in [1.82, 2.24) is 0 Å². The standard InChI is InChI=1S/C9H10O2S/c1-7(11)9-5-8(6-12-9)3-2-4-10/h2-3,5-6,10H,4H2,1H3. The molecule has 0 spiro atoms. The predicted octanol–water partition coefficient (Wildman–Crippen LogP) is 1.96. The average Bonchev–Trinajstić information content (AvgIpc) is 2.48. The zero-order valence-electron chi connectivity index (χ0n) is 6.78. The molecular formula is C9H10O2S. The fraction of sp³-hybridized carbons (Fsp3) is 0.222. The van der Waals surface area contributed by atoms with Crippen LogP contribution in [-0.2, 0) is 0 Å². The van der Waals surface area contributed by atoms with Crippen molar-refractivity contribution in [3.63, 3.8) is 0 Å². The SMILES string of the molecule is CC(=O)c1cc(C=CCO)cs1. The van der Waals surface area contributed by atoms with E-state index < -0.39 is 0 Å². The number of thiophene rings is 1. The fourth-order valence-corrected chi connectivity index (χ4v) is 1.59. The highest BCUT2D eigenvalue weighted by atomic mass is 32.1. The normalized spacial score (nSPS) is 10.8. The Morgan fingerprint density at radius 3 is 3.00 bits per heavy atom. The molecule has 1 aromatic heterocycles. The lowest BCUT2D eigenvalue weighted by atomic mass is 10.2. The Balaban J connectivity index is 2.77. The van der Waals surface area contributed by atoms with E-state index in [1.807, 2.05) is 11.4 Å². The molecule has 0 aromatic carbocycles. The van der Waals surface area contributed by atoms with E-state index >= 15 is 0 Å². The third kappa shape index (κ3) is 2.29. The van der Waals surface area contributed by atoms with Crippen LogP contribution in [0.5, 0.6) is 0 Å². The number of aliphatic hydroxyl groups excluding tert-OH is 1. The lowest BCUT2D eigenvalue weighted by molar-refractivity contribution is 0.102. The van der Waals surface area contributed by atoms with Gasteiger partial charge in [0.05, 0.1) is 11.5 Å². The summed E-state index contributed by atoms with van der Waals surface area (Å²) >= 11 is 1.43. The topological polar surface area (TPSA) is 37.3 Å². The van der Waals surface area contributed by atoms with E-state index in [2.05, 4.69) is 0 Å². The molecule has 3 heteroatoms. The summed E-state index contributed by atoms with van der Waals surface area (Å²) in [4.78, 5) is 11.6. The van der Waals surface area contributed by atoms with Gasteiger partial charge in [-0.2, -0.15) is 0 Å². The Bertz CT molecular complexity index is 299. The molecule has 1 N–H and O–H groups in total. The number of hydrogen-bond donors (Lipinski definition) is 1. The molecule has 0 saturated heterocycles. The zero-order chi connectivity index (χ0) is 8.97. The fourth-order valence-electron chi connectivity index (χ4n) is 0.812. The molecule has 0 aliphatic rings. The van der Waals surface area contributed by atoms with Gasteiger partial charge >= 0.3 is 0 Å². The lowest BCUT2D eigenvalue weighted by Gasteiger charge is -1.83. The molecule has 0 radical (unpaired) electrons. The highest BCUT2D eigenvalue weighted by Crippen LogP contribution is 2.16. The Morgan fingerprint density at radius 1 is 1.75 bits per heavy atom. The highest BCUT2D eigenvalue weighted by Gasteiger charge is 2.00. The Kier molecular flexibility index (Phi) is 3.19. The molecule has 0 aliphatic heterocycles. The van der Waals surface area contributed by atoms with Crippen LogP contribution in [0.25, 0.3) is 6.08 Å². The van der Waals surface area contributed by atoms with E-state index in [9.17, 15) is 4.79 Å². The van der Waals surface area contributed by atoms with E-state index in [0.717, 1.165) is 10.4 Å². The summed E-state index contributed by atoms with van der Waals surface area (Å²) in [6.07, 6.45) is 3.44. The third-order valence-corrected chi connectivity index (χ3v) is 2.43. The summed E-state index contributed by atoms with van der Waals surface area (Å²) in [6, 6.07) is 1.82. The number of rotatable bonds is 3. The quantitative estimate of drug-likeness (QED) is 0.725. The molecule has 0 atom stereocenters. The second-order valence-corrected chi connectivity index (χ2v) is 3.30. The van der Waals surface area contributed by atoms with Crippen LogP contribution in [0.4, 0.5) is 0 Å². The van der Waals surface area contributed by atoms with Crippen LogP contribution in [0.15, 0.2) is 17.5 Å². The lowest BCUT2D eigenvalue weighted by Crippen LogP contribution is -1.84. The van der Waals surface area contributed by atoms with Crippen LogP contribution in [0, 0.1) is 0 Å². The van der Waals surface area contributed by atoms with Gasteiger partial charge < -0.3 is 5.11 Å². The minimum absolute atomic E-state index is 0.0330. The first-order chi connectivity index (χ1) is 5.74. The van der Waals surface area contributed by atoms with E-state index in [-0.39, 0.29) is 12.4 Å². The summed E-state index contributed by atoms with van der Waals surface area (Å²) in [6.45, 7) is 1.58. The monoisotopic (exact) mass is 182 g/mol. The number of hydrogen-bond acceptors (Lipinski definition) is 3. The first-order valence-electron chi connectivity index (χ1n) is 3.61. The van der Waals surface area contributed by atoms with Crippen LogP contribution in [0.2, 0.25) is 0 Å². The molecule has 0 bridgehead atoms. The minimum atomic E-state index is 0.0330. The maximum absolute atomic E-state index is 10.9. The van der Waals surface area contributed by atoms with Crippen LogP contribution in [0.1, 0.15) is 22.2 Å². The highest BCUT2D eigenvalue weighted by molar-refractivity contribution is 7.12. The molecule has 12 heavy (non-hydrogen) atoms. The maximum atomic E-state index is 10.9. The summed E-state index contributed by atoms with van der Waals surface area (Å²) in [5.41, 5.74) is 0.972. The molecule has 0 aliphatic carbocycles. The van der Waals surface area contributed by atoms with Gasteiger partial charge in [0.15, 0.2) is 5.78 Å². The molecule has 1 rings (SSSR count). The molecule has 0 saturated carbocycles.